The van der Waals surface area contributed by atoms with Crippen molar-refractivity contribution < 1.29 is 18.0 Å². The largest absolute Gasteiger partial charge is 0.432 e. The molecule has 0 atom stereocenters. The summed E-state index contributed by atoms with van der Waals surface area (Å²) in [5.74, 6) is -0.0851. The van der Waals surface area contributed by atoms with Crippen LogP contribution in [0.15, 0.2) is 30.3 Å². The molecule has 0 aliphatic carbocycles. The summed E-state index contributed by atoms with van der Waals surface area (Å²) >= 11 is 0. The molecule has 1 fully saturated rings. The zero-order chi connectivity index (χ0) is 16.4. The predicted octanol–water partition coefficient (Wildman–Crippen LogP) is 3.72. The van der Waals surface area contributed by atoms with Crippen molar-refractivity contribution in [3.05, 3.63) is 41.6 Å². The van der Waals surface area contributed by atoms with Crippen molar-refractivity contribution in [1.29, 1.82) is 0 Å². The zero-order valence-electron chi connectivity index (χ0n) is 12.4. The lowest BCUT2D eigenvalue weighted by molar-refractivity contribution is -0.141. The number of H-pyrrole nitrogens is 1. The van der Waals surface area contributed by atoms with E-state index >= 15 is 0 Å². The zero-order valence-corrected chi connectivity index (χ0v) is 12.4. The first-order valence-electron chi connectivity index (χ1n) is 7.47. The number of rotatable bonds is 2. The molecule has 2 heterocycles. The third-order valence-electron chi connectivity index (χ3n) is 3.93. The van der Waals surface area contributed by atoms with Crippen LogP contribution in [0.4, 0.5) is 13.2 Å². The summed E-state index contributed by atoms with van der Waals surface area (Å²) in [6.07, 6.45) is -1.37. The van der Waals surface area contributed by atoms with Gasteiger partial charge in [0.2, 0.25) is 0 Å². The lowest BCUT2D eigenvalue weighted by Crippen LogP contribution is -2.35. The molecule has 0 saturated carbocycles. The summed E-state index contributed by atoms with van der Waals surface area (Å²) in [7, 11) is 0. The molecule has 1 amide bonds. The number of hydrogen-bond donors (Lipinski definition) is 1. The standard InChI is InChI=1S/C16H16F3N3O/c17-16(18,19)14-10-13(20-21-14)11-5-4-6-12(9-11)15(23)22-7-2-1-3-8-22/h4-6,9-10H,1-3,7-8H2,(H,20,21). The van der Waals surface area contributed by atoms with Crippen molar-refractivity contribution in [2.75, 3.05) is 13.1 Å². The van der Waals surface area contributed by atoms with Gasteiger partial charge in [0.15, 0.2) is 0 Å². The van der Waals surface area contributed by atoms with E-state index in [0.717, 1.165) is 38.4 Å². The molecule has 1 saturated heterocycles. The second kappa shape index (κ2) is 6.06. The van der Waals surface area contributed by atoms with E-state index in [0.29, 0.717) is 11.1 Å². The van der Waals surface area contributed by atoms with Crippen molar-refractivity contribution in [2.24, 2.45) is 0 Å². The van der Waals surface area contributed by atoms with Crippen LogP contribution in [0.25, 0.3) is 11.3 Å². The van der Waals surface area contributed by atoms with Gasteiger partial charge in [-0.1, -0.05) is 12.1 Å². The molecule has 7 heteroatoms. The van der Waals surface area contributed by atoms with E-state index in [1.165, 1.54) is 0 Å². The molecule has 2 aromatic rings. The molecule has 23 heavy (non-hydrogen) atoms. The minimum atomic E-state index is -4.47. The van der Waals surface area contributed by atoms with Crippen molar-refractivity contribution >= 4 is 5.91 Å². The number of alkyl halides is 3. The molecule has 0 bridgehead atoms. The minimum absolute atomic E-state index is 0.0851. The smallest absolute Gasteiger partial charge is 0.339 e. The van der Waals surface area contributed by atoms with Gasteiger partial charge in [-0.15, -0.1) is 0 Å². The van der Waals surface area contributed by atoms with Crippen LogP contribution in [0.2, 0.25) is 0 Å². The highest BCUT2D eigenvalue weighted by Crippen LogP contribution is 2.30. The molecule has 122 valence electrons. The highest BCUT2D eigenvalue weighted by molar-refractivity contribution is 5.95. The number of nitrogens with zero attached hydrogens (tertiary/aromatic N) is 2. The van der Waals surface area contributed by atoms with E-state index in [-0.39, 0.29) is 11.6 Å². The maximum Gasteiger partial charge on any atom is 0.432 e. The Labute approximate surface area is 131 Å². The number of hydrogen-bond acceptors (Lipinski definition) is 2. The fourth-order valence-electron chi connectivity index (χ4n) is 2.71. The summed E-state index contributed by atoms with van der Waals surface area (Å²) in [6.45, 7) is 1.45. The van der Waals surface area contributed by atoms with E-state index in [1.807, 2.05) is 5.10 Å². The molecule has 1 aromatic heterocycles. The quantitative estimate of drug-likeness (QED) is 0.915. The fraction of sp³-hybridized carbons (Fsp3) is 0.375. The van der Waals surface area contributed by atoms with E-state index in [1.54, 1.807) is 29.2 Å². The maximum absolute atomic E-state index is 12.6. The summed E-state index contributed by atoms with van der Waals surface area (Å²) in [4.78, 5) is 14.3. The van der Waals surface area contributed by atoms with Gasteiger partial charge in [0.05, 0.1) is 5.69 Å². The molecule has 3 rings (SSSR count). The van der Waals surface area contributed by atoms with Crippen LogP contribution in [0.1, 0.15) is 35.3 Å². The molecule has 1 aromatic carbocycles. The van der Waals surface area contributed by atoms with E-state index in [9.17, 15) is 18.0 Å². The Morgan fingerprint density at radius 3 is 2.52 bits per heavy atom. The number of nitrogens with one attached hydrogen (secondary N) is 1. The number of likely N-dealkylation sites (tertiary alicyclic amines) is 1. The maximum atomic E-state index is 12.6. The first-order chi connectivity index (χ1) is 10.9. The first kappa shape index (κ1) is 15.6. The highest BCUT2D eigenvalue weighted by Gasteiger charge is 2.33. The Morgan fingerprint density at radius 1 is 1.13 bits per heavy atom. The summed E-state index contributed by atoms with van der Waals surface area (Å²) in [6, 6.07) is 7.52. The number of halogens is 3. The second-order valence-electron chi connectivity index (χ2n) is 5.60. The Balaban J connectivity index is 1.85. The number of carbonyl (C=O) groups is 1. The fourth-order valence-corrected chi connectivity index (χ4v) is 2.71. The van der Waals surface area contributed by atoms with Crippen LogP contribution in [-0.4, -0.2) is 34.1 Å². The molecule has 1 aliphatic heterocycles. The molecular weight excluding hydrogens is 307 g/mol. The number of piperidine rings is 1. The van der Waals surface area contributed by atoms with E-state index < -0.39 is 11.9 Å². The SMILES string of the molecule is O=C(c1cccc(-c2cc(C(F)(F)F)[nH]n2)c1)N1CCCCC1. The third kappa shape index (κ3) is 3.38. The topological polar surface area (TPSA) is 49.0 Å². The van der Waals surface area contributed by atoms with E-state index in [4.69, 9.17) is 0 Å². The van der Waals surface area contributed by atoms with Crippen LogP contribution in [0, 0.1) is 0 Å². The predicted molar refractivity (Wildman–Crippen MR) is 78.8 cm³/mol. The van der Waals surface area contributed by atoms with Gasteiger partial charge in [0, 0.05) is 24.2 Å². The second-order valence-corrected chi connectivity index (χ2v) is 5.60. The molecule has 0 unspecified atom stereocenters. The Bertz CT molecular complexity index is 703. The first-order valence-corrected chi connectivity index (χ1v) is 7.47. The van der Waals surface area contributed by atoms with Gasteiger partial charge >= 0.3 is 6.18 Å². The van der Waals surface area contributed by atoms with Gasteiger partial charge in [-0.3, -0.25) is 9.89 Å². The van der Waals surface area contributed by atoms with E-state index in [2.05, 4.69) is 5.10 Å². The van der Waals surface area contributed by atoms with Gasteiger partial charge in [-0.05, 0) is 37.5 Å². The number of amides is 1. The molecule has 0 radical (unpaired) electrons. The molecule has 0 spiro atoms. The number of benzene rings is 1. The molecule has 4 nitrogen and oxygen atoms in total. The molecular formula is C16H16F3N3O. The monoisotopic (exact) mass is 323 g/mol. The minimum Gasteiger partial charge on any atom is -0.339 e. The van der Waals surface area contributed by atoms with Gasteiger partial charge in [0.1, 0.15) is 5.69 Å². The van der Waals surface area contributed by atoms with Gasteiger partial charge in [0.25, 0.3) is 5.91 Å². The van der Waals surface area contributed by atoms with Crippen LogP contribution in [0.5, 0.6) is 0 Å². The number of carbonyl (C=O) groups excluding carboxylic acids is 1. The summed E-state index contributed by atoms with van der Waals surface area (Å²) in [5.41, 5.74) is 0.228. The number of aromatic amines is 1. The molecule has 1 N–H and O–H groups in total. The average Bonchev–Trinajstić information content (AvgIpc) is 3.05. The van der Waals surface area contributed by atoms with Crippen molar-refractivity contribution in [2.45, 2.75) is 25.4 Å². The Kier molecular flexibility index (Phi) is 4.11. The Hall–Kier alpha value is -2.31. The van der Waals surface area contributed by atoms with Crippen LogP contribution in [-0.2, 0) is 6.18 Å². The summed E-state index contributed by atoms with van der Waals surface area (Å²) in [5, 5.41) is 5.68. The van der Waals surface area contributed by atoms with Gasteiger partial charge < -0.3 is 4.90 Å². The van der Waals surface area contributed by atoms with Crippen LogP contribution in [0.3, 0.4) is 0 Å². The highest BCUT2D eigenvalue weighted by atomic mass is 19.4. The number of aromatic nitrogens is 2. The third-order valence-corrected chi connectivity index (χ3v) is 3.93. The average molecular weight is 323 g/mol. The normalized spacial score (nSPS) is 15.7. The van der Waals surface area contributed by atoms with Crippen LogP contribution < -0.4 is 0 Å². The van der Waals surface area contributed by atoms with Crippen molar-refractivity contribution in [3.63, 3.8) is 0 Å². The van der Waals surface area contributed by atoms with Crippen LogP contribution >= 0.6 is 0 Å². The Morgan fingerprint density at radius 2 is 1.87 bits per heavy atom. The van der Waals surface area contributed by atoms with Gasteiger partial charge in [-0.2, -0.15) is 18.3 Å². The van der Waals surface area contributed by atoms with Crippen molar-refractivity contribution in [1.82, 2.24) is 15.1 Å². The lowest BCUT2D eigenvalue weighted by atomic mass is 10.1. The van der Waals surface area contributed by atoms with Gasteiger partial charge in [-0.25, -0.2) is 0 Å². The molecule has 1 aliphatic rings. The lowest BCUT2D eigenvalue weighted by Gasteiger charge is -2.26. The summed E-state index contributed by atoms with van der Waals surface area (Å²) < 4.78 is 37.9. The van der Waals surface area contributed by atoms with Crippen molar-refractivity contribution in [3.8, 4) is 11.3 Å².